The van der Waals surface area contributed by atoms with E-state index in [1.54, 1.807) is 14.2 Å². The lowest BCUT2D eigenvalue weighted by Gasteiger charge is -2.08. The molecule has 0 atom stereocenters. The van der Waals surface area contributed by atoms with Crippen molar-refractivity contribution < 1.29 is 18.9 Å². The van der Waals surface area contributed by atoms with E-state index in [2.05, 4.69) is 15.0 Å². The zero-order chi connectivity index (χ0) is 19.1. The first kappa shape index (κ1) is 18.7. The molecule has 0 bridgehead atoms. The van der Waals surface area contributed by atoms with Gasteiger partial charge in [-0.25, -0.2) is 0 Å². The van der Waals surface area contributed by atoms with Crippen LogP contribution in [0.4, 0.5) is 0 Å². The second-order valence-electron chi connectivity index (χ2n) is 5.44. The molecule has 0 amide bonds. The third kappa shape index (κ3) is 5.46. The van der Waals surface area contributed by atoms with Crippen LogP contribution in [0.3, 0.4) is 0 Å². The standard InChI is InChI=1S/C19H18ClN3O4/c1-24-15-7-3-13(4-8-15)11-26-18-21-17(20)22-19(23-18)27-12-14-5-9-16(25-2)10-6-14/h3-10H,11-12H2,1-2H3. The highest BCUT2D eigenvalue weighted by Crippen LogP contribution is 2.18. The lowest BCUT2D eigenvalue weighted by molar-refractivity contribution is 0.249. The van der Waals surface area contributed by atoms with Gasteiger partial charge in [-0.1, -0.05) is 24.3 Å². The smallest absolute Gasteiger partial charge is 0.324 e. The average Bonchev–Trinajstić information content (AvgIpc) is 2.71. The number of aromatic nitrogens is 3. The van der Waals surface area contributed by atoms with Crippen LogP contribution in [0.15, 0.2) is 48.5 Å². The van der Waals surface area contributed by atoms with Crippen molar-refractivity contribution in [2.75, 3.05) is 14.2 Å². The number of hydrogen-bond donors (Lipinski definition) is 0. The van der Waals surface area contributed by atoms with E-state index in [9.17, 15) is 0 Å². The molecule has 3 rings (SSSR count). The fourth-order valence-electron chi connectivity index (χ4n) is 2.18. The van der Waals surface area contributed by atoms with Gasteiger partial charge in [0.1, 0.15) is 24.7 Å². The van der Waals surface area contributed by atoms with Crippen LogP contribution in [0.2, 0.25) is 5.28 Å². The first-order valence-electron chi connectivity index (χ1n) is 8.09. The van der Waals surface area contributed by atoms with E-state index < -0.39 is 0 Å². The zero-order valence-corrected chi connectivity index (χ0v) is 15.6. The maximum atomic E-state index is 5.94. The molecule has 0 saturated carbocycles. The Morgan fingerprint density at radius 3 is 1.44 bits per heavy atom. The summed E-state index contributed by atoms with van der Waals surface area (Å²) in [5, 5.41) is -0.000498. The fraction of sp³-hybridized carbons (Fsp3) is 0.211. The summed E-state index contributed by atoms with van der Waals surface area (Å²) in [6.07, 6.45) is 0. The summed E-state index contributed by atoms with van der Waals surface area (Å²) in [6.45, 7) is 0.560. The molecule has 0 unspecified atom stereocenters. The van der Waals surface area contributed by atoms with Crippen molar-refractivity contribution in [1.82, 2.24) is 15.0 Å². The van der Waals surface area contributed by atoms with Gasteiger partial charge in [0.15, 0.2) is 0 Å². The first-order valence-corrected chi connectivity index (χ1v) is 8.47. The van der Waals surface area contributed by atoms with Crippen molar-refractivity contribution in [3.63, 3.8) is 0 Å². The number of ether oxygens (including phenoxy) is 4. The molecule has 7 nitrogen and oxygen atoms in total. The van der Waals surface area contributed by atoms with Gasteiger partial charge in [-0.05, 0) is 47.0 Å². The average molecular weight is 388 g/mol. The molecule has 0 aliphatic carbocycles. The Kier molecular flexibility index (Phi) is 6.27. The van der Waals surface area contributed by atoms with Crippen molar-refractivity contribution in [3.8, 4) is 23.5 Å². The van der Waals surface area contributed by atoms with Crippen LogP contribution >= 0.6 is 11.6 Å². The Labute approximate surface area is 161 Å². The monoisotopic (exact) mass is 387 g/mol. The quantitative estimate of drug-likeness (QED) is 0.583. The molecule has 0 radical (unpaired) electrons. The lowest BCUT2D eigenvalue weighted by Crippen LogP contribution is -2.05. The van der Waals surface area contributed by atoms with E-state index in [1.807, 2.05) is 48.5 Å². The Balaban J connectivity index is 1.60. The summed E-state index contributed by atoms with van der Waals surface area (Å²) in [6, 6.07) is 15.2. The van der Waals surface area contributed by atoms with Crippen LogP contribution in [0.5, 0.6) is 23.5 Å². The van der Waals surface area contributed by atoms with Crippen LogP contribution in [0.1, 0.15) is 11.1 Å². The highest BCUT2D eigenvalue weighted by atomic mass is 35.5. The van der Waals surface area contributed by atoms with Crippen molar-refractivity contribution in [2.45, 2.75) is 13.2 Å². The Hall–Kier alpha value is -3.06. The Morgan fingerprint density at radius 2 is 1.07 bits per heavy atom. The second kappa shape index (κ2) is 9.05. The molecule has 0 aliphatic rings. The van der Waals surface area contributed by atoms with Crippen molar-refractivity contribution in [2.24, 2.45) is 0 Å². The van der Waals surface area contributed by atoms with Crippen LogP contribution in [-0.4, -0.2) is 29.2 Å². The minimum Gasteiger partial charge on any atom is -0.497 e. The van der Waals surface area contributed by atoms with E-state index in [0.717, 1.165) is 22.6 Å². The molecule has 8 heteroatoms. The molecular weight excluding hydrogens is 370 g/mol. The Bertz CT molecular complexity index is 803. The molecule has 1 heterocycles. The van der Waals surface area contributed by atoms with Crippen molar-refractivity contribution in [3.05, 3.63) is 64.9 Å². The SMILES string of the molecule is COc1ccc(COc2nc(Cl)nc(OCc3ccc(OC)cc3)n2)cc1. The predicted octanol–water partition coefficient (Wildman–Crippen LogP) is 3.70. The minimum absolute atomic E-state index is 0.000498. The number of nitrogens with zero attached hydrogens (tertiary/aromatic N) is 3. The van der Waals surface area contributed by atoms with Crippen molar-refractivity contribution in [1.29, 1.82) is 0 Å². The summed E-state index contributed by atoms with van der Waals surface area (Å²) in [5.41, 5.74) is 1.88. The molecule has 0 spiro atoms. The predicted molar refractivity (Wildman–Crippen MR) is 99.5 cm³/mol. The normalized spacial score (nSPS) is 10.3. The van der Waals surface area contributed by atoms with Crippen LogP contribution in [-0.2, 0) is 13.2 Å². The van der Waals surface area contributed by atoms with E-state index in [0.29, 0.717) is 0 Å². The van der Waals surface area contributed by atoms with Crippen LogP contribution < -0.4 is 18.9 Å². The number of benzene rings is 2. The van der Waals surface area contributed by atoms with Gasteiger partial charge >= 0.3 is 12.0 Å². The van der Waals surface area contributed by atoms with Gasteiger partial charge in [-0.15, -0.1) is 4.98 Å². The molecule has 0 aliphatic heterocycles. The van der Waals surface area contributed by atoms with E-state index in [1.165, 1.54) is 0 Å². The molecule has 0 N–H and O–H groups in total. The highest BCUT2D eigenvalue weighted by Gasteiger charge is 2.08. The third-order valence-electron chi connectivity index (χ3n) is 3.62. The summed E-state index contributed by atoms with van der Waals surface area (Å²) in [4.78, 5) is 12.1. The lowest BCUT2D eigenvalue weighted by atomic mass is 10.2. The molecule has 3 aromatic rings. The second-order valence-corrected chi connectivity index (χ2v) is 5.78. The summed E-state index contributed by atoms with van der Waals surface area (Å²) in [7, 11) is 3.23. The third-order valence-corrected chi connectivity index (χ3v) is 3.79. The first-order chi connectivity index (χ1) is 13.2. The molecule has 0 saturated heterocycles. The number of methoxy groups -OCH3 is 2. The van der Waals surface area contributed by atoms with Gasteiger partial charge in [-0.2, -0.15) is 9.97 Å². The van der Waals surface area contributed by atoms with Gasteiger partial charge in [0.2, 0.25) is 5.28 Å². The summed E-state index contributed by atoms with van der Waals surface area (Å²) >= 11 is 5.94. The fourth-order valence-corrected chi connectivity index (χ4v) is 2.33. The zero-order valence-electron chi connectivity index (χ0n) is 14.9. The maximum Gasteiger partial charge on any atom is 0.324 e. The van der Waals surface area contributed by atoms with Crippen molar-refractivity contribution >= 4 is 11.6 Å². The molecule has 0 fully saturated rings. The van der Waals surface area contributed by atoms with E-state index in [4.69, 9.17) is 30.5 Å². The van der Waals surface area contributed by atoms with E-state index in [-0.39, 0.29) is 30.5 Å². The van der Waals surface area contributed by atoms with Crippen LogP contribution in [0.25, 0.3) is 0 Å². The largest absolute Gasteiger partial charge is 0.497 e. The minimum atomic E-state index is -0.000498. The van der Waals surface area contributed by atoms with E-state index >= 15 is 0 Å². The van der Waals surface area contributed by atoms with Crippen LogP contribution in [0, 0.1) is 0 Å². The number of halogens is 1. The molecule has 1 aromatic heterocycles. The summed E-state index contributed by atoms with van der Waals surface area (Å²) in [5.74, 6) is 1.55. The maximum absolute atomic E-state index is 5.94. The highest BCUT2D eigenvalue weighted by molar-refractivity contribution is 6.28. The summed E-state index contributed by atoms with van der Waals surface area (Å²) < 4.78 is 21.4. The topological polar surface area (TPSA) is 75.6 Å². The Morgan fingerprint density at radius 1 is 0.667 bits per heavy atom. The molecular formula is C19H18ClN3O4. The van der Waals surface area contributed by atoms with Gasteiger partial charge in [0.25, 0.3) is 0 Å². The number of hydrogen-bond acceptors (Lipinski definition) is 7. The molecule has 140 valence electrons. The molecule has 27 heavy (non-hydrogen) atoms. The number of rotatable bonds is 8. The molecule has 2 aromatic carbocycles. The van der Waals surface area contributed by atoms with Gasteiger partial charge in [0.05, 0.1) is 14.2 Å². The van der Waals surface area contributed by atoms with Gasteiger partial charge in [-0.3, -0.25) is 0 Å². The van der Waals surface area contributed by atoms with Gasteiger partial charge in [0, 0.05) is 0 Å². The van der Waals surface area contributed by atoms with Gasteiger partial charge < -0.3 is 18.9 Å².